The Morgan fingerprint density at radius 1 is 1.07 bits per heavy atom. The van der Waals surface area contributed by atoms with Crippen molar-refractivity contribution in [1.82, 2.24) is 5.32 Å². The number of nitrogens with one attached hydrogen (secondary N) is 1. The van der Waals surface area contributed by atoms with Gasteiger partial charge in [0.1, 0.15) is 11.3 Å². The predicted molar refractivity (Wildman–Crippen MR) is 107 cm³/mol. The van der Waals surface area contributed by atoms with Gasteiger partial charge in [0.05, 0.1) is 39.9 Å². The van der Waals surface area contributed by atoms with E-state index in [1.807, 2.05) is 30.3 Å². The Morgan fingerprint density at radius 2 is 1.86 bits per heavy atom. The maximum atomic E-state index is 12.6. The smallest absolute Gasteiger partial charge is 0.307 e. The summed E-state index contributed by atoms with van der Waals surface area (Å²) in [5, 5.41) is 3.53. The van der Waals surface area contributed by atoms with Crippen LogP contribution in [0.25, 0.3) is 11.0 Å². The van der Waals surface area contributed by atoms with Crippen LogP contribution < -0.4 is 10.1 Å². The molecule has 0 spiro atoms. The van der Waals surface area contributed by atoms with Gasteiger partial charge in [-0.3, -0.25) is 9.59 Å². The van der Waals surface area contributed by atoms with Crippen molar-refractivity contribution in [3.8, 4) is 5.75 Å². The molecule has 7 nitrogen and oxygen atoms in total. The van der Waals surface area contributed by atoms with Crippen LogP contribution >= 0.6 is 0 Å². The number of hydrogen-bond donors (Lipinski definition) is 1. The van der Waals surface area contributed by atoms with Gasteiger partial charge in [-0.2, -0.15) is 0 Å². The SMILES string of the molecule is COC(=O)C[C@H](COCc1ccccc1)NC(=O)c1cc2cc(OC)ccc2o1. The summed E-state index contributed by atoms with van der Waals surface area (Å²) in [5.41, 5.74) is 1.57. The first-order valence-electron chi connectivity index (χ1n) is 9.16. The summed E-state index contributed by atoms with van der Waals surface area (Å²) in [5.74, 6) is -0.0559. The molecule has 2 aromatic carbocycles. The zero-order valence-corrected chi connectivity index (χ0v) is 16.3. The fourth-order valence-electron chi connectivity index (χ4n) is 2.85. The monoisotopic (exact) mass is 397 g/mol. The van der Waals surface area contributed by atoms with E-state index in [0.717, 1.165) is 10.9 Å². The Balaban J connectivity index is 1.65. The molecule has 1 atom stereocenters. The molecule has 0 bridgehead atoms. The van der Waals surface area contributed by atoms with Gasteiger partial charge in [0.2, 0.25) is 0 Å². The third-order valence-corrected chi connectivity index (χ3v) is 4.35. The molecule has 0 fully saturated rings. The van der Waals surface area contributed by atoms with E-state index in [0.29, 0.717) is 17.9 Å². The first kappa shape index (κ1) is 20.4. The highest BCUT2D eigenvalue weighted by Gasteiger charge is 2.20. The van der Waals surface area contributed by atoms with Crippen LogP contribution in [0.3, 0.4) is 0 Å². The highest BCUT2D eigenvalue weighted by Crippen LogP contribution is 2.24. The van der Waals surface area contributed by atoms with Crippen LogP contribution in [0.1, 0.15) is 22.5 Å². The van der Waals surface area contributed by atoms with Crippen LogP contribution in [0, 0.1) is 0 Å². The van der Waals surface area contributed by atoms with Gasteiger partial charge in [0.25, 0.3) is 5.91 Å². The minimum atomic E-state index is -0.554. The molecule has 1 heterocycles. The van der Waals surface area contributed by atoms with Gasteiger partial charge in [-0.25, -0.2) is 0 Å². The first-order valence-corrected chi connectivity index (χ1v) is 9.16. The number of fused-ring (bicyclic) bond motifs is 1. The number of hydrogen-bond acceptors (Lipinski definition) is 6. The van der Waals surface area contributed by atoms with E-state index < -0.39 is 17.9 Å². The number of ether oxygens (including phenoxy) is 3. The Kier molecular flexibility index (Phi) is 6.86. The molecule has 152 valence electrons. The molecule has 0 aliphatic carbocycles. The van der Waals surface area contributed by atoms with Crippen molar-refractivity contribution in [2.75, 3.05) is 20.8 Å². The van der Waals surface area contributed by atoms with Gasteiger partial charge >= 0.3 is 5.97 Å². The normalized spacial score (nSPS) is 11.8. The Hall–Kier alpha value is -3.32. The molecule has 0 saturated heterocycles. The molecule has 29 heavy (non-hydrogen) atoms. The van der Waals surface area contributed by atoms with Crippen molar-refractivity contribution in [2.24, 2.45) is 0 Å². The van der Waals surface area contributed by atoms with Crippen molar-refractivity contribution in [3.05, 3.63) is 65.9 Å². The molecule has 3 aromatic rings. The highest BCUT2D eigenvalue weighted by molar-refractivity contribution is 5.96. The molecule has 0 radical (unpaired) electrons. The van der Waals surface area contributed by atoms with Gasteiger partial charge in [-0.05, 0) is 29.8 Å². The lowest BCUT2D eigenvalue weighted by Crippen LogP contribution is -2.39. The molecule has 3 rings (SSSR count). The second-order valence-corrected chi connectivity index (χ2v) is 6.47. The van der Waals surface area contributed by atoms with E-state index >= 15 is 0 Å². The summed E-state index contributed by atoms with van der Waals surface area (Å²) < 4.78 is 21.2. The third-order valence-electron chi connectivity index (χ3n) is 4.35. The Labute approximate surface area is 168 Å². The number of furan rings is 1. The lowest BCUT2D eigenvalue weighted by atomic mass is 10.2. The summed E-state index contributed by atoms with van der Waals surface area (Å²) in [6, 6.07) is 16.0. The third kappa shape index (κ3) is 5.58. The molecule has 0 aliphatic heterocycles. The largest absolute Gasteiger partial charge is 0.497 e. The van der Waals surface area contributed by atoms with Crippen LogP contribution in [0.15, 0.2) is 59.0 Å². The number of carbonyl (C=O) groups excluding carboxylic acids is 2. The minimum Gasteiger partial charge on any atom is -0.497 e. The lowest BCUT2D eigenvalue weighted by Gasteiger charge is -2.17. The average Bonchev–Trinajstić information content (AvgIpc) is 3.17. The maximum absolute atomic E-state index is 12.6. The van der Waals surface area contributed by atoms with Crippen LogP contribution in [-0.2, 0) is 20.9 Å². The highest BCUT2D eigenvalue weighted by atomic mass is 16.5. The summed E-state index contributed by atoms with van der Waals surface area (Å²) >= 11 is 0. The lowest BCUT2D eigenvalue weighted by molar-refractivity contribution is -0.141. The molecule has 0 aliphatic rings. The topological polar surface area (TPSA) is 87.0 Å². The van der Waals surface area contributed by atoms with Gasteiger partial charge in [-0.1, -0.05) is 30.3 Å². The van der Waals surface area contributed by atoms with Crippen LogP contribution in [-0.4, -0.2) is 38.7 Å². The van der Waals surface area contributed by atoms with Crippen molar-refractivity contribution >= 4 is 22.8 Å². The van der Waals surface area contributed by atoms with Crippen molar-refractivity contribution in [3.63, 3.8) is 0 Å². The van der Waals surface area contributed by atoms with E-state index in [2.05, 4.69) is 5.32 Å². The Bertz CT molecular complexity index is 966. The van der Waals surface area contributed by atoms with Crippen molar-refractivity contribution in [1.29, 1.82) is 0 Å². The second kappa shape index (κ2) is 9.75. The van der Waals surface area contributed by atoms with E-state index in [-0.39, 0.29) is 18.8 Å². The standard InChI is InChI=1S/C22H23NO6/c1-26-18-8-9-19-16(10-18)11-20(29-19)22(25)23-17(12-21(24)27-2)14-28-13-15-6-4-3-5-7-15/h3-11,17H,12-14H2,1-2H3,(H,23,25)/t17-/m1/s1. The quantitative estimate of drug-likeness (QED) is 0.558. The van der Waals surface area contributed by atoms with E-state index in [9.17, 15) is 9.59 Å². The molecule has 0 unspecified atom stereocenters. The number of rotatable bonds is 9. The fraction of sp³-hybridized carbons (Fsp3) is 0.273. The van der Waals surface area contributed by atoms with E-state index in [4.69, 9.17) is 18.6 Å². The van der Waals surface area contributed by atoms with Crippen LogP contribution in [0.5, 0.6) is 5.75 Å². The summed E-state index contributed by atoms with van der Waals surface area (Å²) in [4.78, 5) is 24.4. The molecular formula is C22H23NO6. The first-order chi connectivity index (χ1) is 14.1. The van der Waals surface area contributed by atoms with Gasteiger partial charge < -0.3 is 23.9 Å². The molecule has 1 amide bonds. The summed E-state index contributed by atoms with van der Waals surface area (Å²) in [6.07, 6.45) is -0.00885. The second-order valence-electron chi connectivity index (χ2n) is 6.47. The zero-order valence-electron chi connectivity index (χ0n) is 16.3. The van der Waals surface area contributed by atoms with Crippen molar-refractivity contribution in [2.45, 2.75) is 19.1 Å². The summed E-state index contributed by atoms with van der Waals surface area (Å²) in [6.45, 7) is 0.530. The summed E-state index contributed by atoms with van der Waals surface area (Å²) in [7, 11) is 2.88. The van der Waals surface area contributed by atoms with Crippen LogP contribution in [0.4, 0.5) is 0 Å². The van der Waals surface area contributed by atoms with E-state index in [1.54, 1.807) is 31.4 Å². The number of methoxy groups -OCH3 is 2. The molecule has 0 saturated carbocycles. The number of benzene rings is 2. The molecular weight excluding hydrogens is 374 g/mol. The Morgan fingerprint density at radius 3 is 2.59 bits per heavy atom. The maximum Gasteiger partial charge on any atom is 0.307 e. The van der Waals surface area contributed by atoms with Gasteiger partial charge in [-0.15, -0.1) is 0 Å². The number of carbonyl (C=O) groups is 2. The van der Waals surface area contributed by atoms with Gasteiger partial charge in [0.15, 0.2) is 5.76 Å². The predicted octanol–water partition coefficient (Wildman–Crippen LogP) is 3.32. The fourth-order valence-corrected chi connectivity index (χ4v) is 2.85. The van der Waals surface area contributed by atoms with E-state index in [1.165, 1.54) is 7.11 Å². The molecule has 7 heteroatoms. The molecule has 1 aromatic heterocycles. The van der Waals surface area contributed by atoms with Crippen molar-refractivity contribution < 1.29 is 28.2 Å². The number of esters is 1. The van der Waals surface area contributed by atoms with Crippen LogP contribution in [0.2, 0.25) is 0 Å². The number of amides is 1. The zero-order chi connectivity index (χ0) is 20.6. The average molecular weight is 397 g/mol. The minimum absolute atomic E-state index is 0.00885. The molecule has 1 N–H and O–H groups in total. The van der Waals surface area contributed by atoms with Gasteiger partial charge in [0, 0.05) is 5.39 Å².